The second-order valence-electron chi connectivity index (χ2n) is 7.13. The van der Waals surface area contributed by atoms with Crippen LogP contribution in [0.4, 0.5) is 17.1 Å². The molecular weight excluding hydrogens is 376 g/mol. The van der Waals surface area contributed by atoms with Gasteiger partial charge in [0.25, 0.3) is 5.69 Å². The maximum atomic E-state index is 11.3. The number of hydrazone groups is 1. The number of anilines is 1. The molecule has 2 rings (SSSR count). The van der Waals surface area contributed by atoms with E-state index in [0.717, 1.165) is 11.6 Å². The molecule has 0 aliphatic heterocycles. The molecule has 2 aromatic rings. The molecule has 0 aromatic heterocycles. The number of hydrogen-bond donors (Lipinski definition) is 1. The molecule has 0 bridgehead atoms. The molecule has 0 fully saturated rings. The van der Waals surface area contributed by atoms with Crippen molar-refractivity contribution in [1.29, 1.82) is 0 Å². The predicted octanol–water partition coefficient (Wildman–Crippen LogP) is 4.88. The zero-order chi connectivity index (χ0) is 21.6. The van der Waals surface area contributed by atoms with E-state index in [1.807, 2.05) is 51.1 Å². The van der Waals surface area contributed by atoms with E-state index in [2.05, 4.69) is 10.5 Å². The Morgan fingerprint density at radius 1 is 1.14 bits per heavy atom. The molecule has 9 nitrogen and oxygen atoms in total. The summed E-state index contributed by atoms with van der Waals surface area (Å²) in [5.41, 5.74) is 2.52. The topological polar surface area (TPSA) is 120 Å². The number of rotatable bonds is 9. The van der Waals surface area contributed by atoms with Gasteiger partial charge in [-0.05, 0) is 31.4 Å². The van der Waals surface area contributed by atoms with Crippen molar-refractivity contribution in [2.24, 2.45) is 11.0 Å². The zero-order valence-electron chi connectivity index (χ0n) is 16.8. The molecule has 0 radical (unpaired) electrons. The van der Waals surface area contributed by atoms with Gasteiger partial charge in [0.1, 0.15) is 11.3 Å². The van der Waals surface area contributed by atoms with Gasteiger partial charge in [-0.2, -0.15) is 5.10 Å². The predicted molar refractivity (Wildman–Crippen MR) is 111 cm³/mol. The van der Waals surface area contributed by atoms with Crippen LogP contribution in [0.25, 0.3) is 0 Å². The number of nitro groups is 2. The van der Waals surface area contributed by atoms with E-state index in [-0.39, 0.29) is 11.4 Å². The Balaban J connectivity index is 2.38. The van der Waals surface area contributed by atoms with Crippen molar-refractivity contribution in [2.45, 2.75) is 33.3 Å². The summed E-state index contributed by atoms with van der Waals surface area (Å²) in [4.78, 5) is 20.8. The van der Waals surface area contributed by atoms with Crippen LogP contribution in [-0.4, -0.2) is 22.2 Å². The minimum atomic E-state index is -0.853. The molecule has 0 spiro atoms. The highest BCUT2D eigenvalue weighted by Gasteiger charge is 2.32. The summed E-state index contributed by atoms with van der Waals surface area (Å²) in [5.74, 6) is 0.301. The molecule has 0 aliphatic carbocycles. The first kappa shape index (κ1) is 22.0. The SMILES string of the molecule is C/C(=N/Nc1ccc([N+](=O)[O-])cc1[N+](=O)[O-])C(C)(OCC(C)C)c1ccccc1. The minimum Gasteiger partial charge on any atom is -0.364 e. The molecule has 2 aromatic carbocycles. The quantitative estimate of drug-likeness (QED) is 0.364. The summed E-state index contributed by atoms with van der Waals surface area (Å²) >= 11 is 0. The molecule has 0 saturated carbocycles. The van der Waals surface area contributed by atoms with Crippen molar-refractivity contribution in [3.8, 4) is 0 Å². The monoisotopic (exact) mass is 400 g/mol. The van der Waals surface area contributed by atoms with Gasteiger partial charge in [-0.15, -0.1) is 0 Å². The van der Waals surface area contributed by atoms with Crippen LogP contribution < -0.4 is 5.43 Å². The van der Waals surface area contributed by atoms with Crippen LogP contribution in [0.15, 0.2) is 53.6 Å². The molecule has 1 N–H and O–H groups in total. The maximum Gasteiger partial charge on any atom is 0.301 e. The third kappa shape index (κ3) is 5.35. The fraction of sp³-hybridized carbons (Fsp3) is 0.350. The summed E-state index contributed by atoms with van der Waals surface area (Å²) in [6.45, 7) is 8.22. The molecule has 1 atom stereocenters. The molecule has 0 saturated heterocycles. The number of ether oxygens (including phenoxy) is 1. The van der Waals surface area contributed by atoms with Crippen molar-refractivity contribution >= 4 is 22.8 Å². The molecule has 154 valence electrons. The van der Waals surface area contributed by atoms with E-state index in [9.17, 15) is 20.2 Å². The number of nitrogens with one attached hydrogen (secondary N) is 1. The first-order chi connectivity index (χ1) is 13.6. The van der Waals surface area contributed by atoms with E-state index in [1.54, 1.807) is 6.92 Å². The van der Waals surface area contributed by atoms with Crippen LogP contribution in [0.1, 0.15) is 33.3 Å². The van der Waals surface area contributed by atoms with Crippen LogP contribution >= 0.6 is 0 Å². The van der Waals surface area contributed by atoms with Crippen molar-refractivity contribution in [1.82, 2.24) is 0 Å². The number of benzene rings is 2. The number of nitrogens with zero attached hydrogens (tertiary/aromatic N) is 3. The van der Waals surface area contributed by atoms with E-state index in [0.29, 0.717) is 18.2 Å². The van der Waals surface area contributed by atoms with Gasteiger partial charge in [-0.3, -0.25) is 25.7 Å². The molecule has 29 heavy (non-hydrogen) atoms. The third-order valence-electron chi connectivity index (χ3n) is 4.45. The van der Waals surface area contributed by atoms with Gasteiger partial charge in [0.15, 0.2) is 0 Å². The summed E-state index contributed by atoms with van der Waals surface area (Å²) in [6.07, 6.45) is 0. The highest BCUT2D eigenvalue weighted by atomic mass is 16.6. The lowest BCUT2D eigenvalue weighted by Crippen LogP contribution is -2.36. The van der Waals surface area contributed by atoms with Crippen molar-refractivity contribution in [3.63, 3.8) is 0 Å². The van der Waals surface area contributed by atoms with Gasteiger partial charge >= 0.3 is 5.69 Å². The van der Waals surface area contributed by atoms with Crippen molar-refractivity contribution < 1.29 is 14.6 Å². The van der Waals surface area contributed by atoms with E-state index < -0.39 is 21.1 Å². The summed E-state index contributed by atoms with van der Waals surface area (Å²) < 4.78 is 6.16. The standard InChI is InChI=1S/C20H24N4O5/c1-14(2)13-29-20(4,16-8-6-5-7-9-16)15(3)21-22-18-11-10-17(23(25)26)12-19(18)24(27)28/h5-12,14,22H,13H2,1-4H3/b21-15-. The molecule has 1 unspecified atom stereocenters. The highest BCUT2D eigenvalue weighted by molar-refractivity contribution is 5.92. The fourth-order valence-electron chi connectivity index (χ4n) is 2.62. The third-order valence-corrected chi connectivity index (χ3v) is 4.45. The summed E-state index contributed by atoms with van der Waals surface area (Å²) in [7, 11) is 0. The van der Waals surface area contributed by atoms with E-state index >= 15 is 0 Å². The Morgan fingerprint density at radius 2 is 1.79 bits per heavy atom. The van der Waals surface area contributed by atoms with Gasteiger partial charge in [-0.1, -0.05) is 44.2 Å². The highest BCUT2D eigenvalue weighted by Crippen LogP contribution is 2.31. The zero-order valence-corrected chi connectivity index (χ0v) is 16.8. The Morgan fingerprint density at radius 3 is 2.34 bits per heavy atom. The second kappa shape index (κ2) is 9.24. The fourth-order valence-corrected chi connectivity index (χ4v) is 2.62. The summed E-state index contributed by atoms with van der Waals surface area (Å²) in [6, 6.07) is 12.9. The van der Waals surface area contributed by atoms with Crippen LogP contribution in [0.3, 0.4) is 0 Å². The van der Waals surface area contributed by atoms with Gasteiger partial charge in [0.2, 0.25) is 0 Å². The molecule has 0 heterocycles. The molecule has 0 amide bonds. The summed E-state index contributed by atoms with van der Waals surface area (Å²) in [5, 5.41) is 26.5. The van der Waals surface area contributed by atoms with Crippen LogP contribution in [-0.2, 0) is 10.3 Å². The Kier molecular flexibility index (Phi) is 7.00. The average Bonchev–Trinajstić information content (AvgIpc) is 2.70. The van der Waals surface area contributed by atoms with Gasteiger partial charge in [0, 0.05) is 6.07 Å². The van der Waals surface area contributed by atoms with Gasteiger partial charge < -0.3 is 4.74 Å². The lowest BCUT2D eigenvalue weighted by Gasteiger charge is -2.31. The van der Waals surface area contributed by atoms with Crippen molar-refractivity contribution in [3.05, 3.63) is 74.3 Å². The largest absolute Gasteiger partial charge is 0.364 e. The number of nitro benzene ring substituents is 2. The van der Waals surface area contributed by atoms with E-state index in [1.165, 1.54) is 12.1 Å². The Hall–Kier alpha value is -3.33. The minimum absolute atomic E-state index is 0.0548. The maximum absolute atomic E-state index is 11.3. The first-order valence-corrected chi connectivity index (χ1v) is 9.08. The number of non-ortho nitro benzene ring substituents is 1. The smallest absolute Gasteiger partial charge is 0.301 e. The lowest BCUT2D eigenvalue weighted by molar-refractivity contribution is -0.393. The van der Waals surface area contributed by atoms with Crippen LogP contribution in [0, 0.1) is 26.1 Å². The van der Waals surface area contributed by atoms with Gasteiger partial charge in [0.05, 0.1) is 28.2 Å². The molecule has 9 heteroatoms. The Bertz CT molecular complexity index is 914. The Labute approximate surface area is 168 Å². The lowest BCUT2D eigenvalue weighted by atomic mass is 9.91. The van der Waals surface area contributed by atoms with E-state index in [4.69, 9.17) is 4.74 Å². The molecular formula is C20H24N4O5. The second-order valence-corrected chi connectivity index (χ2v) is 7.13. The van der Waals surface area contributed by atoms with Crippen LogP contribution in [0.2, 0.25) is 0 Å². The first-order valence-electron chi connectivity index (χ1n) is 9.08. The van der Waals surface area contributed by atoms with Gasteiger partial charge in [-0.25, -0.2) is 0 Å². The van der Waals surface area contributed by atoms with Crippen LogP contribution in [0.5, 0.6) is 0 Å². The van der Waals surface area contributed by atoms with Crippen molar-refractivity contribution in [2.75, 3.05) is 12.0 Å². The average molecular weight is 400 g/mol. The number of hydrogen-bond acceptors (Lipinski definition) is 7. The normalized spacial score (nSPS) is 13.8. The molecule has 0 aliphatic rings.